The zero-order chi connectivity index (χ0) is 15.6. The van der Waals surface area contributed by atoms with Crippen molar-refractivity contribution >= 4 is 49.2 Å². The Morgan fingerprint density at radius 2 is 1.70 bits per heavy atom. The number of nitrogens with one attached hydrogen (secondary N) is 1. The highest BCUT2D eigenvalue weighted by molar-refractivity contribution is 9.10. The largest absolute Gasteiger partial charge is 0.394 e. The molecule has 0 aliphatic heterocycles. The minimum Gasteiger partial charge on any atom is -0.394 e. The molecule has 0 aliphatic rings. The maximum Gasteiger partial charge on any atom is 0.244 e. The summed E-state index contributed by atoms with van der Waals surface area (Å²) in [6, 6.07) is 2.92. The lowest BCUT2D eigenvalue weighted by molar-refractivity contribution is 0.172. The molecule has 0 radical (unpaired) electrons. The van der Waals surface area contributed by atoms with E-state index in [1.165, 1.54) is 12.1 Å². The van der Waals surface area contributed by atoms with Gasteiger partial charge in [0.1, 0.15) is 4.90 Å². The number of hydrogen-bond acceptors (Lipinski definition) is 3. The number of benzene rings is 1. The highest BCUT2D eigenvalue weighted by Gasteiger charge is 2.33. The summed E-state index contributed by atoms with van der Waals surface area (Å²) < 4.78 is 28.0. The Hall–Kier alpha value is 0.150. The molecule has 1 rings (SSSR count). The monoisotopic (exact) mass is 403 g/mol. The van der Waals surface area contributed by atoms with Crippen LogP contribution in [0.1, 0.15) is 26.7 Å². The molecule has 0 saturated carbocycles. The Labute approximate surface area is 137 Å². The van der Waals surface area contributed by atoms with Gasteiger partial charge in [-0.15, -0.1) is 0 Å². The van der Waals surface area contributed by atoms with Crippen molar-refractivity contribution in [2.45, 2.75) is 37.1 Å². The van der Waals surface area contributed by atoms with Gasteiger partial charge in [-0.3, -0.25) is 0 Å². The first-order chi connectivity index (χ1) is 9.21. The van der Waals surface area contributed by atoms with Crippen LogP contribution in [0.25, 0.3) is 0 Å². The fourth-order valence-corrected chi connectivity index (χ4v) is 5.25. The topological polar surface area (TPSA) is 66.4 Å². The summed E-state index contributed by atoms with van der Waals surface area (Å²) >= 11 is 15.2. The van der Waals surface area contributed by atoms with Crippen LogP contribution in [-0.4, -0.2) is 25.7 Å². The summed E-state index contributed by atoms with van der Waals surface area (Å²) in [4.78, 5) is -0.177. The van der Waals surface area contributed by atoms with Gasteiger partial charge in [0.25, 0.3) is 0 Å². The highest BCUT2D eigenvalue weighted by atomic mass is 79.9. The number of aliphatic hydroxyl groups is 1. The molecule has 0 amide bonds. The van der Waals surface area contributed by atoms with E-state index in [0.29, 0.717) is 17.3 Å². The van der Waals surface area contributed by atoms with Crippen LogP contribution in [0, 0.1) is 0 Å². The van der Waals surface area contributed by atoms with E-state index in [4.69, 9.17) is 23.2 Å². The lowest BCUT2D eigenvalue weighted by Gasteiger charge is -2.30. The van der Waals surface area contributed by atoms with E-state index in [-0.39, 0.29) is 21.5 Å². The second-order valence-corrected chi connectivity index (χ2v) is 7.80. The minimum absolute atomic E-state index is 0.0240. The van der Waals surface area contributed by atoms with Gasteiger partial charge >= 0.3 is 0 Å². The van der Waals surface area contributed by atoms with Crippen molar-refractivity contribution in [3.05, 3.63) is 26.7 Å². The van der Waals surface area contributed by atoms with Gasteiger partial charge in [0, 0.05) is 4.47 Å². The van der Waals surface area contributed by atoms with Crippen LogP contribution in [0.5, 0.6) is 0 Å². The van der Waals surface area contributed by atoms with E-state index >= 15 is 0 Å². The van der Waals surface area contributed by atoms with E-state index in [2.05, 4.69) is 20.7 Å². The van der Waals surface area contributed by atoms with Gasteiger partial charge in [-0.1, -0.05) is 53.0 Å². The van der Waals surface area contributed by atoms with Crippen molar-refractivity contribution in [2.75, 3.05) is 6.61 Å². The van der Waals surface area contributed by atoms with E-state index in [0.717, 1.165) is 0 Å². The lowest BCUT2D eigenvalue weighted by atomic mass is 9.96. The molecule has 0 bridgehead atoms. The number of hydrogen-bond donors (Lipinski definition) is 2. The Bertz CT molecular complexity index is 557. The molecule has 2 N–H and O–H groups in total. The molecule has 4 nitrogen and oxygen atoms in total. The molecule has 0 fully saturated rings. The van der Waals surface area contributed by atoms with Crippen molar-refractivity contribution < 1.29 is 13.5 Å². The summed E-state index contributed by atoms with van der Waals surface area (Å²) in [5.41, 5.74) is -0.918. The van der Waals surface area contributed by atoms with Crippen molar-refractivity contribution in [2.24, 2.45) is 0 Å². The van der Waals surface area contributed by atoms with Crippen LogP contribution in [0.4, 0.5) is 0 Å². The van der Waals surface area contributed by atoms with Gasteiger partial charge in [-0.2, -0.15) is 0 Å². The fraction of sp³-hybridized carbons (Fsp3) is 0.500. The number of aliphatic hydroxyl groups excluding tert-OH is 1. The average Bonchev–Trinajstić information content (AvgIpc) is 2.34. The second kappa shape index (κ2) is 6.94. The zero-order valence-electron chi connectivity index (χ0n) is 11.1. The number of halogens is 3. The molecular weight excluding hydrogens is 389 g/mol. The molecule has 0 unspecified atom stereocenters. The molecule has 0 aromatic heterocycles. The quantitative estimate of drug-likeness (QED) is 0.761. The molecule has 114 valence electrons. The first-order valence-electron chi connectivity index (χ1n) is 6.00. The van der Waals surface area contributed by atoms with E-state index in [1.54, 1.807) is 13.8 Å². The van der Waals surface area contributed by atoms with Crippen LogP contribution >= 0.6 is 39.1 Å². The van der Waals surface area contributed by atoms with E-state index < -0.39 is 15.6 Å². The van der Waals surface area contributed by atoms with Gasteiger partial charge < -0.3 is 5.11 Å². The van der Waals surface area contributed by atoms with Crippen molar-refractivity contribution in [3.63, 3.8) is 0 Å². The van der Waals surface area contributed by atoms with Crippen molar-refractivity contribution in [1.82, 2.24) is 4.72 Å². The number of sulfonamides is 1. The van der Waals surface area contributed by atoms with E-state index in [9.17, 15) is 13.5 Å². The summed E-state index contributed by atoms with van der Waals surface area (Å²) in [5, 5.41) is 9.52. The summed E-state index contributed by atoms with van der Waals surface area (Å²) in [5.74, 6) is 0. The van der Waals surface area contributed by atoms with Gasteiger partial charge in [0.05, 0.1) is 22.2 Å². The van der Waals surface area contributed by atoms with Crippen LogP contribution in [-0.2, 0) is 10.0 Å². The summed E-state index contributed by atoms with van der Waals surface area (Å²) in [7, 11) is -3.93. The van der Waals surface area contributed by atoms with Gasteiger partial charge in [0.15, 0.2) is 0 Å². The van der Waals surface area contributed by atoms with Gasteiger partial charge in [0.2, 0.25) is 10.0 Å². The molecule has 1 aromatic rings. The Kier molecular flexibility index (Phi) is 6.32. The number of rotatable bonds is 6. The molecular formula is C12H16BrCl2NO3S. The minimum atomic E-state index is -3.93. The zero-order valence-corrected chi connectivity index (χ0v) is 15.0. The Morgan fingerprint density at radius 3 is 2.05 bits per heavy atom. The standard InChI is InChI=1S/C12H16BrCl2NO3S/c1-3-12(4-2,7-17)16-20(18,19)11-9(14)5-8(13)6-10(11)15/h5-6,16-17H,3-4,7H2,1-2H3. The Balaban J connectivity index is 3.32. The molecule has 0 spiro atoms. The maximum absolute atomic E-state index is 12.5. The van der Waals surface area contributed by atoms with Crippen molar-refractivity contribution in [3.8, 4) is 0 Å². The molecule has 20 heavy (non-hydrogen) atoms. The molecule has 0 atom stereocenters. The molecule has 0 aliphatic carbocycles. The third-order valence-electron chi connectivity index (χ3n) is 3.24. The smallest absolute Gasteiger partial charge is 0.244 e. The van der Waals surface area contributed by atoms with Crippen LogP contribution in [0.15, 0.2) is 21.5 Å². The summed E-state index contributed by atoms with van der Waals surface area (Å²) in [6.07, 6.45) is 0.899. The SMILES string of the molecule is CCC(CC)(CO)NS(=O)(=O)c1c(Cl)cc(Br)cc1Cl. The molecule has 1 aromatic carbocycles. The third-order valence-corrected chi connectivity index (χ3v) is 6.20. The average molecular weight is 405 g/mol. The molecule has 0 heterocycles. The van der Waals surface area contributed by atoms with Gasteiger partial charge in [-0.05, 0) is 25.0 Å². The van der Waals surface area contributed by atoms with Crippen LogP contribution in [0.2, 0.25) is 10.0 Å². The van der Waals surface area contributed by atoms with Crippen LogP contribution < -0.4 is 4.72 Å². The van der Waals surface area contributed by atoms with E-state index in [1.807, 2.05) is 0 Å². The lowest BCUT2D eigenvalue weighted by Crippen LogP contribution is -2.50. The predicted octanol–water partition coefficient (Wildman–Crippen LogP) is 3.59. The van der Waals surface area contributed by atoms with Crippen molar-refractivity contribution in [1.29, 1.82) is 0 Å². The maximum atomic E-state index is 12.5. The van der Waals surface area contributed by atoms with Gasteiger partial charge in [-0.25, -0.2) is 13.1 Å². The summed E-state index contributed by atoms with van der Waals surface area (Å²) in [6.45, 7) is 3.30. The molecule has 8 heteroatoms. The first kappa shape index (κ1) is 18.2. The highest BCUT2D eigenvalue weighted by Crippen LogP contribution is 2.33. The van der Waals surface area contributed by atoms with Crippen LogP contribution in [0.3, 0.4) is 0 Å². The second-order valence-electron chi connectivity index (χ2n) is 4.45. The Morgan fingerprint density at radius 1 is 1.25 bits per heavy atom. The first-order valence-corrected chi connectivity index (χ1v) is 9.04. The molecule has 0 saturated heterocycles. The fourth-order valence-electron chi connectivity index (χ4n) is 1.77. The third kappa shape index (κ3) is 3.87. The predicted molar refractivity (Wildman–Crippen MR) is 84.9 cm³/mol. The normalized spacial score (nSPS) is 12.7.